The second kappa shape index (κ2) is 7.58. The first-order valence-electron chi connectivity index (χ1n) is 7.65. The van der Waals surface area contributed by atoms with Gasteiger partial charge in [-0.2, -0.15) is 5.10 Å². The van der Waals surface area contributed by atoms with E-state index in [4.69, 9.17) is 5.11 Å². The molecule has 122 valence electrons. The number of para-hydroxylation sites is 1. The van der Waals surface area contributed by atoms with Gasteiger partial charge in [-0.15, -0.1) is 0 Å². The number of hydrogen-bond donors (Lipinski definition) is 1. The molecule has 1 aromatic heterocycles. The standard InChI is InChI=1S/C17H21N3O3/c1-3-4-10-19-11-15(13(2)18-19)17(23)20(12-16(21)22)14-8-6-5-7-9-14/h5-9,11H,3-4,10,12H2,1-2H3,(H,21,22). The number of aromatic nitrogens is 2. The van der Waals surface area contributed by atoms with Crippen molar-refractivity contribution in [3.63, 3.8) is 0 Å². The summed E-state index contributed by atoms with van der Waals surface area (Å²) in [5.41, 5.74) is 1.60. The summed E-state index contributed by atoms with van der Waals surface area (Å²) >= 11 is 0. The first-order valence-corrected chi connectivity index (χ1v) is 7.65. The van der Waals surface area contributed by atoms with Crippen LogP contribution >= 0.6 is 0 Å². The highest BCUT2D eigenvalue weighted by Crippen LogP contribution is 2.18. The molecule has 23 heavy (non-hydrogen) atoms. The quantitative estimate of drug-likeness (QED) is 0.852. The summed E-state index contributed by atoms with van der Waals surface area (Å²) in [7, 11) is 0. The van der Waals surface area contributed by atoms with Crippen molar-refractivity contribution in [3.8, 4) is 0 Å². The van der Waals surface area contributed by atoms with Crippen LogP contribution in [0.2, 0.25) is 0 Å². The fourth-order valence-electron chi connectivity index (χ4n) is 2.33. The molecule has 0 aliphatic heterocycles. The second-order valence-electron chi connectivity index (χ2n) is 5.37. The van der Waals surface area contributed by atoms with Crippen LogP contribution < -0.4 is 4.90 Å². The number of aliphatic carboxylic acids is 1. The maximum absolute atomic E-state index is 12.8. The minimum absolute atomic E-state index is 0.348. The summed E-state index contributed by atoms with van der Waals surface area (Å²) in [5.74, 6) is -1.41. The molecule has 0 saturated carbocycles. The molecule has 0 aliphatic carbocycles. The summed E-state index contributed by atoms with van der Waals surface area (Å²) in [5, 5.41) is 13.5. The normalized spacial score (nSPS) is 10.5. The van der Waals surface area contributed by atoms with Gasteiger partial charge in [-0.1, -0.05) is 31.5 Å². The predicted octanol–water partition coefficient (Wildman–Crippen LogP) is 2.72. The first kappa shape index (κ1) is 16.7. The van der Waals surface area contributed by atoms with Crippen molar-refractivity contribution in [2.45, 2.75) is 33.2 Å². The van der Waals surface area contributed by atoms with E-state index in [1.54, 1.807) is 42.1 Å². The van der Waals surface area contributed by atoms with Gasteiger partial charge in [0.25, 0.3) is 5.91 Å². The molecule has 6 nitrogen and oxygen atoms in total. The van der Waals surface area contributed by atoms with Gasteiger partial charge in [-0.3, -0.25) is 19.2 Å². The average molecular weight is 315 g/mol. The molecule has 0 spiro atoms. The third-order valence-corrected chi connectivity index (χ3v) is 3.52. The molecule has 0 radical (unpaired) electrons. The fourth-order valence-corrected chi connectivity index (χ4v) is 2.33. The number of aryl methyl sites for hydroxylation is 2. The minimum atomic E-state index is -1.06. The number of carboxylic acid groups (broad SMARTS) is 1. The van der Waals surface area contributed by atoms with Crippen LogP contribution in [0.15, 0.2) is 36.5 Å². The summed E-state index contributed by atoms with van der Waals surface area (Å²) in [4.78, 5) is 25.2. The van der Waals surface area contributed by atoms with Crippen LogP contribution in [0, 0.1) is 6.92 Å². The number of hydrogen-bond acceptors (Lipinski definition) is 3. The number of carbonyl (C=O) groups is 2. The minimum Gasteiger partial charge on any atom is -0.480 e. The Morgan fingerprint density at radius 3 is 2.57 bits per heavy atom. The van der Waals surface area contributed by atoms with E-state index in [0.29, 0.717) is 16.9 Å². The molecule has 0 saturated heterocycles. The van der Waals surface area contributed by atoms with Crippen molar-refractivity contribution in [2.75, 3.05) is 11.4 Å². The van der Waals surface area contributed by atoms with Gasteiger partial charge in [0.05, 0.1) is 11.3 Å². The zero-order valence-corrected chi connectivity index (χ0v) is 13.4. The zero-order valence-electron chi connectivity index (χ0n) is 13.4. The number of anilines is 1. The van der Waals surface area contributed by atoms with E-state index in [1.165, 1.54) is 4.90 Å². The van der Waals surface area contributed by atoms with E-state index in [2.05, 4.69) is 12.0 Å². The number of rotatable bonds is 7. The first-order chi connectivity index (χ1) is 11.0. The smallest absolute Gasteiger partial charge is 0.323 e. The molecule has 0 bridgehead atoms. The van der Waals surface area contributed by atoms with Gasteiger partial charge in [-0.25, -0.2) is 0 Å². The number of unbranched alkanes of at least 4 members (excludes halogenated alkanes) is 1. The van der Waals surface area contributed by atoms with E-state index in [0.717, 1.165) is 19.4 Å². The van der Waals surface area contributed by atoms with Crippen LogP contribution in [0.5, 0.6) is 0 Å². The van der Waals surface area contributed by atoms with Crippen molar-refractivity contribution >= 4 is 17.6 Å². The highest BCUT2D eigenvalue weighted by molar-refractivity contribution is 6.08. The van der Waals surface area contributed by atoms with E-state index >= 15 is 0 Å². The molecule has 1 aromatic carbocycles. The molecular formula is C17H21N3O3. The summed E-state index contributed by atoms with van der Waals surface area (Å²) < 4.78 is 1.75. The molecule has 0 aliphatic rings. The highest BCUT2D eigenvalue weighted by Gasteiger charge is 2.23. The average Bonchev–Trinajstić information content (AvgIpc) is 2.91. The van der Waals surface area contributed by atoms with Gasteiger partial charge < -0.3 is 5.11 Å². The topological polar surface area (TPSA) is 75.4 Å². The van der Waals surface area contributed by atoms with Gasteiger partial charge in [0.15, 0.2) is 0 Å². The van der Waals surface area contributed by atoms with Crippen molar-refractivity contribution in [1.29, 1.82) is 0 Å². The van der Waals surface area contributed by atoms with Gasteiger partial charge in [-0.05, 0) is 25.5 Å². The molecule has 2 aromatic rings. The Bertz CT molecular complexity index is 680. The number of carbonyl (C=O) groups excluding carboxylic acids is 1. The number of carboxylic acids is 1. The Labute approximate surface area is 135 Å². The van der Waals surface area contributed by atoms with Gasteiger partial charge in [0.1, 0.15) is 6.54 Å². The molecule has 1 N–H and O–H groups in total. The molecular weight excluding hydrogens is 294 g/mol. The van der Waals surface area contributed by atoms with E-state index in [9.17, 15) is 9.59 Å². The molecule has 1 amide bonds. The summed E-state index contributed by atoms with van der Waals surface area (Å²) in [6.07, 6.45) is 3.72. The van der Waals surface area contributed by atoms with Crippen LogP contribution in [-0.4, -0.2) is 33.3 Å². The van der Waals surface area contributed by atoms with Crippen LogP contribution in [0.3, 0.4) is 0 Å². The molecule has 6 heteroatoms. The van der Waals surface area contributed by atoms with E-state index in [1.807, 2.05) is 6.07 Å². The molecule has 0 fully saturated rings. The monoisotopic (exact) mass is 315 g/mol. The molecule has 1 heterocycles. The van der Waals surface area contributed by atoms with Crippen LogP contribution in [0.25, 0.3) is 0 Å². The van der Waals surface area contributed by atoms with Crippen LogP contribution in [0.1, 0.15) is 35.8 Å². The van der Waals surface area contributed by atoms with Crippen LogP contribution in [0.4, 0.5) is 5.69 Å². The predicted molar refractivity (Wildman–Crippen MR) is 87.6 cm³/mol. The van der Waals surface area contributed by atoms with Crippen molar-refractivity contribution in [2.24, 2.45) is 0 Å². The lowest BCUT2D eigenvalue weighted by Crippen LogP contribution is -2.35. The lowest BCUT2D eigenvalue weighted by Gasteiger charge is -2.20. The number of amides is 1. The summed E-state index contributed by atoms with van der Waals surface area (Å²) in [6, 6.07) is 8.81. The second-order valence-corrected chi connectivity index (χ2v) is 5.37. The van der Waals surface area contributed by atoms with Gasteiger partial charge in [0.2, 0.25) is 0 Å². The SMILES string of the molecule is CCCCn1cc(C(=O)N(CC(=O)O)c2ccccc2)c(C)n1. The fraction of sp³-hybridized carbons (Fsp3) is 0.353. The van der Waals surface area contributed by atoms with Gasteiger partial charge >= 0.3 is 5.97 Å². The number of nitrogens with zero attached hydrogens (tertiary/aromatic N) is 3. The molecule has 0 unspecified atom stereocenters. The lowest BCUT2D eigenvalue weighted by atomic mass is 10.2. The largest absolute Gasteiger partial charge is 0.480 e. The van der Waals surface area contributed by atoms with E-state index in [-0.39, 0.29) is 12.5 Å². The Kier molecular flexibility index (Phi) is 5.51. The zero-order chi connectivity index (χ0) is 16.8. The van der Waals surface area contributed by atoms with Gasteiger partial charge in [0, 0.05) is 18.4 Å². The lowest BCUT2D eigenvalue weighted by molar-refractivity contribution is -0.135. The van der Waals surface area contributed by atoms with Crippen molar-refractivity contribution in [3.05, 3.63) is 47.8 Å². The summed E-state index contributed by atoms with van der Waals surface area (Å²) in [6.45, 7) is 4.21. The Hall–Kier alpha value is -2.63. The van der Waals surface area contributed by atoms with Crippen molar-refractivity contribution < 1.29 is 14.7 Å². The third kappa shape index (κ3) is 4.18. The molecule has 0 atom stereocenters. The van der Waals surface area contributed by atoms with Crippen LogP contribution in [-0.2, 0) is 11.3 Å². The Morgan fingerprint density at radius 1 is 1.26 bits per heavy atom. The van der Waals surface area contributed by atoms with E-state index < -0.39 is 5.97 Å². The maximum atomic E-state index is 12.8. The highest BCUT2D eigenvalue weighted by atomic mass is 16.4. The third-order valence-electron chi connectivity index (χ3n) is 3.52. The van der Waals surface area contributed by atoms with Crippen molar-refractivity contribution in [1.82, 2.24) is 9.78 Å². The Morgan fingerprint density at radius 2 is 1.96 bits per heavy atom. The number of benzene rings is 1. The molecule has 2 rings (SSSR count). The Balaban J connectivity index is 2.30. The maximum Gasteiger partial charge on any atom is 0.323 e.